The Bertz CT molecular complexity index is 79.6. The van der Waals surface area contributed by atoms with Crippen LogP contribution >= 0.6 is 34.8 Å². The molecule has 0 fully saturated rings. The number of unbranched alkanes of at least 4 members (excludes halogenated alkanes) is 2. The first-order valence-electron chi connectivity index (χ1n) is 3.27. The van der Waals surface area contributed by atoms with Crippen molar-refractivity contribution in [3.63, 3.8) is 0 Å². The van der Waals surface area contributed by atoms with Gasteiger partial charge in [0.25, 0.3) is 0 Å². The molecule has 0 rings (SSSR count). The molecule has 0 N–H and O–H groups in total. The van der Waals surface area contributed by atoms with E-state index in [0.717, 1.165) is 6.42 Å². The first-order valence-corrected chi connectivity index (χ1v) is 6.43. The summed E-state index contributed by atoms with van der Waals surface area (Å²) in [6.45, 7) is 0. The van der Waals surface area contributed by atoms with Crippen LogP contribution < -0.4 is 0 Å². The van der Waals surface area contributed by atoms with Crippen molar-refractivity contribution in [2.75, 3.05) is 0 Å². The molecule has 0 atom stereocenters. The van der Waals surface area contributed by atoms with E-state index in [1.54, 1.807) is 22.5 Å². The summed E-state index contributed by atoms with van der Waals surface area (Å²) in [6, 6.07) is 0. The van der Waals surface area contributed by atoms with E-state index in [1.807, 2.05) is 0 Å². The molecule has 0 aromatic carbocycles. The Hall–Kier alpha value is 1.67. The molecule has 59 valence electrons. The van der Waals surface area contributed by atoms with Gasteiger partial charge in [0.15, 0.2) is 0 Å². The van der Waals surface area contributed by atoms with Crippen LogP contribution in [0.15, 0.2) is 0 Å². The van der Waals surface area contributed by atoms with Gasteiger partial charge < -0.3 is 0 Å². The van der Waals surface area contributed by atoms with Crippen LogP contribution in [0.4, 0.5) is 0 Å². The molecule has 0 aromatic heterocycles. The van der Waals surface area contributed by atoms with E-state index < -0.39 is 3.79 Å². The predicted molar refractivity (Wildman–Crippen MR) is 49.3 cm³/mol. The molecule has 3 radical (unpaired) electrons. The molecule has 0 aromatic rings. The number of rotatable bonds is 4. The zero-order valence-corrected chi connectivity index (χ0v) is 10.8. The molecule has 0 aliphatic heterocycles. The van der Waals surface area contributed by atoms with Gasteiger partial charge in [-0.05, 0) is 0 Å². The zero-order valence-electron chi connectivity index (χ0n) is 5.67. The van der Waals surface area contributed by atoms with Crippen LogP contribution in [0.5, 0.6) is 0 Å². The van der Waals surface area contributed by atoms with Gasteiger partial charge >= 0.3 is 91.2 Å². The van der Waals surface area contributed by atoms with E-state index in [1.165, 1.54) is 17.3 Å². The van der Waals surface area contributed by atoms with Gasteiger partial charge in [0.2, 0.25) is 0 Å². The first-order chi connectivity index (χ1) is 4.56. The SMILES string of the molecule is ClC(Cl)(Cl)CCCC[CH2][Sn]. The molecule has 0 aliphatic rings. The minimum atomic E-state index is -1.03. The van der Waals surface area contributed by atoms with Crippen molar-refractivity contribution < 1.29 is 0 Å². The number of hydrogen-bond donors (Lipinski definition) is 0. The molecular weight excluding hydrogens is 297 g/mol. The Balaban J connectivity index is 3.04. The number of halogens is 3. The van der Waals surface area contributed by atoms with Crippen LogP contribution in [0.3, 0.4) is 0 Å². The van der Waals surface area contributed by atoms with Crippen molar-refractivity contribution in [3.8, 4) is 0 Å². The Morgan fingerprint density at radius 1 is 1.00 bits per heavy atom. The second-order valence-corrected chi connectivity index (χ2v) is 6.12. The van der Waals surface area contributed by atoms with Crippen molar-refractivity contribution in [3.05, 3.63) is 0 Å². The molecule has 0 saturated carbocycles. The molecule has 0 heterocycles. The van der Waals surface area contributed by atoms with Gasteiger partial charge in [0.05, 0.1) is 0 Å². The fraction of sp³-hybridized carbons (Fsp3) is 1.00. The van der Waals surface area contributed by atoms with Gasteiger partial charge in [-0.3, -0.25) is 0 Å². The third-order valence-electron chi connectivity index (χ3n) is 1.14. The molecule has 10 heavy (non-hydrogen) atoms. The van der Waals surface area contributed by atoms with Crippen LogP contribution in [-0.4, -0.2) is 26.3 Å². The quantitative estimate of drug-likeness (QED) is 0.424. The van der Waals surface area contributed by atoms with E-state index in [9.17, 15) is 0 Å². The van der Waals surface area contributed by atoms with Crippen molar-refractivity contribution in [1.82, 2.24) is 0 Å². The van der Waals surface area contributed by atoms with Crippen molar-refractivity contribution in [2.45, 2.75) is 33.9 Å². The summed E-state index contributed by atoms with van der Waals surface area (Å²) in [6.07, 6.45) is 4.19. The molecule has 0 aliphatic carbocycles. The van der Waals surface area contributed by atoms with Crippen LogP contribution in [0.25, 0.3) is 0 Å². The molecular formula is C6H10Cl3Sn. The summed E-state index contributed by atoms with van der Waals surface area (Å²) in [5.41, 5.74) is 0. The Kier molecular flexibility index (Phi) is 7.25. The molecule has 0 unspecified atom stereocenters. The predicted octanol–water partition coefficient (Wildman–Crippen LogP) is 3.50. The van der Waals surface area contributed by atoms with Gasteiger partial charge in [-0.2, -0.15) is 0 Å². The van der Waals surface area contributed by atoms with Gasteiger partial charge in [0.1, 0.15) is 0 Å². The number of hydrogen-bond acceptors (Lipinski definition) is 0. The average molecular weight is 307 g/mol. The van der Waals surface area contributed by atoms with Crippen LogP contribution in [-0.2, 0) is 0 Å². The second kappa shape index (κ2) is 6.21. The summed E-state index contributed by atoms with van der Waals surface area (Å²) >= 11 is 18.2. The molecule has 0 nitrogen and oxygen atoms in total. The fourth-order valence-electron chi connectivity index (χ4n) is 0.627. The number of alkyl halides is 3. The monoisotopic (exact) mass is 307 g/mol. The normalized spacial score (nSPS) is 12.0. The Morgan fingerprint density at radius 3 is 2.00 bits per heavy atom. The topological polar surface area (TPSA) is 0 Å². The summed E-state index contributed by atoms with van der Waals surface area (Å²) in [5.74, 6) is 0. The maximum absolute atomic E-state index is 5.55. The third-order valence-corrected chi connectivity index (χ3v) is 2.71. The van der Waals surface area contributed by atoms with Gasteiger partial charge in [0, 0.05) is 0 Å². The minimum absolute atomic E-state index is 0.688. The standard InChI is InChI=1S/C6H10Cl3.Sn/c1-2-3-4-5-6(7,8)9;/h1-5H2;. The Labute approximate surface area is 90.7 Å². The van der Waals surface area contributed by atoms with Crippen molar-refractivity contribution in [1.29, 1.82) is 0 Å². The molecule has 0 bridgehead atoms. The molecule has 0 amide bonds. The summed E-state index contributed by atoms with van der Waals surface area (Å²) in [5, 5.41) is 0. The van der Waals surface area contributed by atoms with E-state index >= 15 is 0 Å². The molecule has 0 spiro atoms. The van der Waals surface area contributed by atoms with E-state index in [2.05, 4.69) is 0 Å². The van der Waals surface area contributed by atoms with E-state index in [-0.39, 0.29) is 0 Å². The van der Waals surface area contributed by atoms with Crippen molar-refractivity contribution in [2.24, 2.45) is 0 Å². The first kappa shape index (κ1) is 11.7. The summed E-state index contributed by atoms with van der Waals surface area (Å²) < 4.78 is 0.285. The van der Waals surface area contributed by atoms with Crippen LogP contribution in [0, 0.1) is 0 Å². The summed E-state index contributed by atoms with van der Waals surface area (Å²) in [7, 11) is 0. The Morgan fingerprint density at radius 2 is 1.60 bits per heavy atom. The van der Waals surface area contributed by atoms with Crippen molar-refractivity contribution >= 4 is 57.3 Å². The van der Waals surface area contributed by atoms with E-state index in [4.69, 9.17) is 34.8 Å². The van der Waals surface area contributed by atoms with Gasteiger partial charge in [-0.25, -0.2) is 0 Å². The second-order valence-electron chi connectivity index (χ2n) is 2.18. The zero-order chi connectivity index (χ0) is 8.04. The third kappa shape index (κ3) is 9.67. The average Bonchev–Trinajstić information content (AvgIpc) is 1.78. The van der Waals surface area contributed by atoms with Crippen LogP contribution in [0.2, 0.25) is 4.44 Å². The van der Waals surface area contributed by atoms with Gasteiger partial charge in [-0.1, -0.05) is 0 Å². The van der Waals surface area contributed by atoms with E-state index in [0.29, 0.717) is 6.42 Å². The fourth-order valence-corrected chi connectivity index (χ4v) is 1.74. The molecule has 0 saturated heterocycles. The van der Waals surface area contributed by atoms with Gasteiger partial charge in [-0.15, -0.1) is 0 Å². The summed E-state index contributed by atoms with van der Waals surface area (Å²) in [4.78, 5) is 0. The van der Waals surface area contributed by atoms with Crippen LogP contribution in [0.1, 0.15) is 25.7 Å². The molecule has 4 heteroatoms. The maximum atomic E-state index is 5.55.